The van der Waals surface area contributed by atoms with Gasteiger partial charge in [0.05, 0.1) is 16.7 Å². The van der Waals surface area contributed by atoms with E-state index in [1.54, 1.807) is 6.07 Å². The van der Waals surface area contributed by atoms with Gasteiger partial charge in [0.2, 0.25) is 15.9 Å². The van der Waals surface area contributed by atoms with E-state index in [9.17, 15) is 13.2 Å². The van der Waals surface area contributed by atoms with Gasteiger partial charge in [-0.3, -0.25) is 9.69 Å². The Morgan fingerprint density at radius 3 is 2.29 bits per heavy atom. The number of hydrogen-bond acceptors (Lipinski definition) is 5. The van der Waals surface area contributed by atoms with Gasteiger partial charge in [0.15, 0.2) is 0 Å². The topological polar surface area (TPSA) is 79.0 Å². The Kier molecular flexibility index (Phi) is 10.5. The molecule has 2 fully saturated rings. The van der Waals surface area contributed by atoms with Gasteiger partial charge < -0.3 is 10.1 Å². The van der Waals surface area contributed by atoms with Crippen LogP contribution in [0.25, 0.3) is 0 Å². The largest absolute Gasteiger partial charge is 0.370 e. The maximum absolute atomic E-state index is 12.8. The Morgan fingerprint density at radius 1 is 1.03 bits per heavy atom. The summed E-state index contributed by atoms with van der Waals surface area (Å²) in [5, 5.41) is 3.23. The number of rotatable bonds is 11. The van der Waals surface area contributed by atoms with E-state index in [0.717, 1.165) is 43.1 Å². The van der Waals surface area contributed by atoms with Gasteiger partial charge in [-0.05, 0) is 75.2 Å². The molecule has 1 aliphatic carbocycles. The first-order valence-electron chi connectivity index (χ1n) is 13.3. The molecule has 2 aromatic carbocycles. The van der Waals surface area contributed by atoms with Crippen molar-refractivity contribution in [2.24, 2.45) is 5.92 Å². The number of likely N-dealkylation sites (N-methyl/N-ethyl adjacent to an activating group) is 1. The average molecular weight is 583 g/mol. The minimum absolute atomic E-state index is 0.0647. The average Bonchev–Trinajstić information content (AvgIpc) is 3.42. The summed E-state index contributed by atoms with van der Waals surface area (Å²) in [6.07, 6.45) is 6.60. The van der Waals surface area contributed by atoms with Crippen LogP contribution in [0.2, 0.25) is 10.0 Å². The Bertz CT molecular complexity index is 1150. The van der Waals surface area contributed by atoms with Crippen molar-refractivity contribution in [1.82, 2.24) is 14.5 Å². The smallest absolute Gasteiger partial charge is 0.246 e. The molecule has 4 rings (SSSR count). The van der Waals surface area contributed by atoms with Crippen molar-refractivity contribution < 1.29 is 17.9 Å². The molecule has 1 atom stereocenters. The first kappa shape index (κ1) is 29.3. The van der Waals surface area contributed by atoms with E-state index in [1.807, 2.05) is 0 Å². The Hall–Kier alpha value is -1.68. The Labute approximate surface area is 236 Å². The van der Waals surface area contributed by atoms with Crippen molar-refractivity contribution in [3.8, 4) is 0 Å². The molecule has 1 aliphatic heterocycles. The van der Waals surface area contributed by atoms with Gasteiger partial charge >= 0.3 is 0 Å². The highest BCUT2D eigenvalue weighted by Gasteiger charge is 2.34. The third-order valence-electron chi connectivity index (χ3n) is 7.63. The molecule has 2 aliphatic rings. The number of hydrogen-bond donors (Lipinski definition) is 1. The van der Waals surface area contributed by atoms with E-state index in [4.69, 9.17) is 27.9 Å². The van der Waals surface area contributed by atoms with Gasteiger partial charge in [0.25, 0.3) is 0 Å². The van der Waals surface area contributed by atoms with E-state index in [2.05, 4.69) is 40.5 Å². The molecule has 0 aromatic heterocycles. The monoisotopic (exact) mass is 581 g/mol. The zero-order valence-electron chi connectivity index (χ0n) is 21.8. The SMILES string of the molecule is CN(CCOCC(=O)NC1CCC(C(c2ccccc2)N2CCCC2)CC1)S(=O)(=O)c1c(Cl)cccc1Cl. The fourth-order valence-corrected chi connectivity index (χ4v) is 7.90. The number of nitrogens with zero attached hydrogens (tertiary/aromatic N) is 2. The number of amides is 1. The van der Waals surface area contributed by atoms with E-state index in [0.29, 0.717) is 12.0 Å². The highest BCUT2D eigenvalue weighted by molar-refractivity contribution is 7.89. The van der Waals surface area contributed by atoms with E-state index < -0.39 is 10.0 Å². The van der Waals surface area contributed by atoms with Gasteiger partial charge in [0, 0.05) is 25.7 Å². The molecule has 1 amide bonds. The summed E-state index contributed by atoms with van der Waals surface area (Å²) in [4.78, 5) is 15.0. The number of carbonyl (C=O) groups excluding carboxylic acids is 1. The predicted molar refractivity (Wildman–Crippen MR) is 151 cm³/mol. The molecule has 38 heavy (non-hydrogen) atoms. The zero-order chi connectivity index (χ0) is 27.1. The molecule has 0 spiro atoms. The summed E-state index contributed by atoms with van der Waals surface area (Å²) >= 11 is 12.1. The first-order valence-corrected chi connectivity index (χ1v) is 15.5. The van der Waals surface area contributed by atoms with Crippen LogP contribution in [0, 0.1) is 5.92 Å². The molecule has 1 N–H and O–H groups in total. The van der Waals surface area contributed by atoms with Crippen LogP contribution in [-0.4, -0.2) is 69.5 Å². The van der Waals surface area contributed by atoms with Gasteiger partial charge in [-0.2, -0.15) is 4.31 Å². The number of carbonyl (C=O) groups is 1. The van der Waals surface area contributed by atoms with Crippen molar-refractivity contribution in [1.29, 1.82) is 0 Å². The number of nitrogens with one attached hydrogen (secondary N) is 1. The second-order valence-corrected chi connectivity index (χ2v) is 13.0. The lowest BCUT2D eigenvalue weighted by Crippen LogP contribution is -2.42. The quantitative estimate of drug-likeness (QED) is 0.371. The highest BCUT2D eigenvalue weighted by atomic mass is 35.5. The summed E-state index contributed by atoms with van der Waals surface area (Å²) in [7, 11) is -2.44. The highest BCUT2D eigenvalue weighted by Crippen LogP contribution is 2.40. The van der Waals surface area contributed by atoms with E-state index in [-0.39, 0.29) is 46.6 Å². The Morgan fingerprint density at radius 2 is 1.66 bits per heavy atom. The van der Waals surface area contributed by atoms with Crippen molar-refractivity contribution in [3.63, 3.8) is 0 Å². The van der Waals surface area contributed by atoms with Crippen LogP contribution in [-0.2, 0) is 19.6 Å². The fraction of sp³-hybridized carbons (Fsp3) is 0.536. The van der Waals surface area contributed by atoms with Crippen LogP contribution in [0.3, 0.4) is 0 Å². The van der Waals surface area contributed by atoms with Crippen molar-refractivity contribution in [3.05, 3.63) is 64.1 Å². The van der Waals surface area contributed by atoms with Gasteiger partial charge in [0.1, 0.15) is 11.5 Å². The Balaban J connectivity index is 1.20. The minimum atomic E-state index is -3.88. The van der Waals surface area contributed by atoms with Crippen LogP contribution in [0.15, 0.2) is 53.4 Å². The molecule has 10 heteroatoms. The van der Waals surface area contributed by atoms with Crippen molar-refractivity contribution in [2.75, 3.05) is 39.9 Å². The zero-order valence-corrected chi connectivity index (χ0v) is 24.1. The second kappa shape index (κ2) is 13.6. The van der Waals surface area contributed by atoms with Gasteiger partial charge in [-0.1, -0.05) is 59.6 Å². The van der Waals surface area contributed by atoms with E-state index >= 15 is 0 Å². The fourth-order valence-electron chi connectivity index (χ4n) is 5.66. The number of halogens is 2. The van der Waals surface area contributed by atoms with Crippen LogP contribution < -0.4 is 5.32 Å². The summed E-state index contributed by atoms with van der Waals surface area (Å²) in [6.45, 7) is 2.36. The lowest BCUT2D eigenvalue weighted by molar-refractivity contribution is -0.126. The number of likely N-dealkylation sites (tertiary alicyclic amines) is 1. The third-order valence-corrected chi connectivity index (χ3v) is 10.4. The van der Waals surface area contributed by atoms with Crippen LogP contribution in [0.5, 0.6) is 0 Å². The molecular weight excluding hydrogens is 545 g/mol. The molecule has 1 unspecified atom stereocenters. The summed E-state index contributed by atoms with van der Waals surface area (Å²) in [6, 6.07) is 16.0. The third kappa shape index (κ3) is 7.29. The summed E-state index contributed by atoms with van der Waals surface area (Å²) < 4.78 is 32.3. The molecule has 208 valence electrons. The molecule has 2 aromatic rings. The van der Waals surface area contributed by atoms with Crippen LogP contribution >= 0.6 is 23.2 Å². The first-order chi connectivity index (χ1) is 18.3. The molecule has 1 heterocycles. The summed E-state index contributed by atoms with van der Waals surface area (Å²) in [5.41, 5.74) is 1.40. The van der Waals surface area contributed by atoms with Gasteiger partial charge in [-0.15, -0.1) is 0 Å². The van der Waals surface area contributed by atoms with Crippen LogP contribution in [0.4, 0.5) is 0 Å². The molecule has 0 radical (unpaired) electrons. The summed E-state index contributed by atoms with van der Waals surface area (Å²) in [5.74, 6) is 0.413. The lowest BCUT2D eigenvalue weighted by atomic mass is 9.78. The molecule has 1 saturated carbocycles. The normalized spacial score (nSPS) is 21.5. The number of sulfonamides is 1. The molecule has 7 nitrogen and oxygen atoms in total. The standard InChI is InChI=1S/C28H37Cl2N3O4S/c1-32(38(35,36)28-24(29)10-7-11-25(28)30)18-19-37-20-26(34)31-23-14-12-22(13-15-23)27(33-16-5-6-17-33)21-8-3-2-4-9-21/h2-4,7-11,22-23,27H,5-6,12-20H2,1H3,(H,31,34). The van der Waals surface area contributed by atoms with Crippen molar-refractivity contribution >= 4 is 39.1 Å². The number of ether oxygens (including phenoxy) is 1. The van der Waals surface area contributed by atoms with Crippen molar-refractivity contribution in [2.45, 2.75) is 55.5 Å². The van der Waals surface area contributed by atoms with E-state index in [1.165, 1.54) is 37.6 Å². The minimum Gasteiger partial charge on any atom is -0.370 e. The maximum atomic E-state index is 12.8. The molecule has 0 bridgehead atoms. The number of benzene rings is 2. The molecule has 1 saturated heterocycles. The predicted octanol–water partition coefficient (Wildman–Crippen LogP) is 5.14. The van der Waals surface area contributed by atoms with Gasteiger partial charge in [-0.25, -0.2) is 8.42 Å². The molecular formula is C28H37Cl2N3O4S. The maximum Gasteiger partial charge on any atom is 0.246 e. The van der Waals surface area contributed by atoms with Crippen LogP contribution in [0.1, 0.15) is 50.1 Å². The second-order valence-electron chi connectivity index (χ2n) is 10.2. The lowest BCUT2D eigenvalue weighted by Gasteiger charge is -2.39.